The Kier molecular flexibility index (Phi) is 5.98. The van der Waals surface area contributed by atoms with Crippen molar-refractivity contribution in [2.45, 2.75) is 39.3 Å². The summed E-state index contributed by atoms with van der Waals surface area (Å²) in [5.74, 6) is 0.0361. The van der Waals surface area contributed by atoms with Gasteiger partial charge in [-0.15, -0.1) is 0 Å². The first-order valence-corrected chi connectivity index (χ1v) is 10.6. The van der Waals surface area contributed by atoms with Gasteiger partial charge in [-0.25, -0.2) is 5.48 Å². The number of ether oxygens (including phenoxy) is 2. The van der Waals surface area contributed by atoms with Crippen molar-refractivity contribution in [2.24, 2.45) is 5.41 Å². The van der Waals surface area contributed by atoms with E-state index in [0.717, 1.165) is 16.7 Å². The Hall–Kier alpha value is -2.90. The van der Waals surface area contributed by atoms with E-state index < -0.39 is 11.3 Å². The van der Waals surface area contributed by atoms with Crippen LogP contribution in [0.3, 0.4) is 0 Å². The number of carbonyl (C=O) groups excluding carboxylic acids is 2. The average Bonchev–Trinajstić information content (AvgIpc) is 2.98. The molecule has 0 radical (unpaired) electrons. The van der Waals surface area contributed by atoms with Crippen LogP contribution in [0.4, 0.5) is 0 Å². The molecule has 2 aromatic rings. The zero-order valence-electron chi connectivity index (χ0n) is 17.9. The van der Waals surface area contributed by atoms with Crippen molar-refractivity contribution >= 4 is 11.8 Å². The van der Waals surface area contributed by atoms with Crippen LogP contribution in [0.2, 0.25) is 0 Å². The molecule has 1 atom stereocenters. The van der Waals surface area contributed by atoms with Crippen molar-refractivity contribution in [1.82, 2.24) is 10.4 Å². The van der Waals surface area contributed by atoms with Gasteiger partial charge < -0.3 is 14.4 Å². The summed E-state index contributed by atoms with van der Waals surface area (Å²) in [6, 6.07) is 12.9. The Morgan fingerprint density at radius 2 is 1.84 bits per heavy atom. The molecule has 2 aliphatic heterocycles. The zero-order chi connectivity index (χ0) is 22.0. The van der Waals surface area contributed by atoms with E-state index in [1.807, 2.05) is 43.0 Å². The molecule has 0 aliphatic carbocycles. The number of hydroxylamine groups is 1. The maximum atomic E-state index is 13.8. The fourth-order valence-corrected chi connectivity index (χ4v) is 4.24. The van der Waals surface area contributed by atoms with E-state index in [0.29, 0.717) is 43.9 Å². The van der Waals surface area contributed by atoms with E-state index in [2.05, 4.69) is 0 Å². The minimum absolute atomic E-state index is 0.0926. The van der Waals surface area contributed by atoms with Gasteiger partial charge in [-0.3, -0.25) is 14.8 Å². The second-order valence-electron chi connectivity index (χ2n) is 8.61. The average molecular weight is 424 g/mol. The third kappa shape index (κ3) is 4.29. The first-order chi connectivity index (χ1) is 14.9. The van der Waals surface area contributed by atoms with Crippen LogP contribution in [-0.4, -0.2) is 41.7 Å². The summed E-state index contributed by atoms with van der Waals surface area (Å²) in [7, 11) is 0. The fraction of sp³-hybridized carbons (Fsp3) is 0.417. The van der Waals surface area contributed by atoms with Crippen molar-refractivity contribution in [1.29, 1.82) is 0 Å². The summed E-state index contributed by atoms with van der Waals surface area (Å²) in [5.41, 5.74) is 4.45. The number of hydrogen-bond acceptors (Lipinski definition) is 5. The lowest BCUT2D eigenvalue weighted by Crippen LogP contribution is -2.47. The lowest BCUT2D eigenvalue weighted by molar-refractivity contribution is -0.150. The highest BCUT2D eigenvalue weighted by Gasteiger charge is 2.42. The van der Waals surface area contributed by atoms with Crippen molar-refractivity contribution in [3.8, 4) is 5.75 Å². The van der Waals surface area contributed by atoms with E-state index in [9.17, 15) is 9.59 Å². The SMILES string of the molecule is Cc1ccc(C2COc3cc(C(=O)NO)ccc3CN2C(=O)C2(C)CCOCC2)cc1. The Morgan fingerprint density at radius 1 is 1.13 bits per heavy atom. The van der Waals surface area contributed by atoms with Gasteiger partial charge in [0.05, 0.1) is 18.0 Å². The molecule has 2 aliphatic rings. The molecule has 7 heteroatoms. The molecule has 0 aromatic heterocycles. The van der Waals surface area contributed by atoms with Crippen molar-refractivity contribution < 1.29 is 24.3 Å². The van der Waals surface area contributed by atoms with Gasteiger partial charge in [-0.1, -0.05) is 42.8 Å². The molecule has 7 nitrogen and oxygen atoms in total. The molecule has 0 bridgehead atoms. The van der Waals surface area contributed by atoms with Crippen LogP contribution in [-0.2, 0) is 16.1 Å². The lowest BCUT2D eigenvalue weighted by atomic mass is 9.80. The number of nitrogens with zero attached hydrogens (tertiary/aromatic N) is 1. The monoisotopic (exact) mass is 424 g/mol. The molecule has 1 saturated heterocycles. The number of benzene rings is 2. The van der Waals surface area contributed by atoms with E-state index in [1.165, 1.54) is 0 Å². The van der Waals surface area contributed by atoms with Crippen LogP contribution in [0.5, 0.6) is 5.75 Å². The van der Waals surface area contributed by atoms with Crippen molar-refractivity contribution in [2.75, 3.05) is 19.8 Å². The largest absolute Gasteiger partial charge is 0.491 e. The molecule has 31 heavy (non-hydrogen) atoms. The van der Waals surface area contributed by atoms with Crippen LogP contribution in [0.1, 0.15) is 52.9 Å². The Bertz CT molecular complexity index is 966. The standard InChI is InChI=1S/C24H28N2O5/c1-16-3-5-17(6-4-16)20-15-31-21-13-18(22(27)25-29)7-8-19(21)14-26(20)23(28)24(2)9-11-30-12-10-24/h3-8,13,20,29H,9-12,14-15H2,1-2H3,(H,25,27). The van der Waals surface area contributed by atoms with Gasteiger partial charge in [-0.2, -0.15) is 0 Å². The molecular weight excluding hydrogens is 396 g/mol. The van der Waals surface area contributed by atoms with Crippen LogP contribution in [0, 0.1) is 12.3 Å². The third-order valence-corrected chi connectivity index (χ3v) is 6.38. The van der Waals surface area contributed by atoms with Gasteiger partial charge in [0, 0.05) is 24.3 Å². The van der Waals surface area contributed by atoms with Crippen molar-refractivity contribution in [3.63, 3.8) is 0 Å². The molecule has 0 spiro atoms. The van der Waals surface area contributed by atoms with E-state index in [4.69, 9.17) is 14.7 Å². The van der Waals surface area contributed by atoms with E-state index in [-0.39, 0.29) is 18.6 Å². The first kappa shape index (κ1) is 21.3. The fourth-order valence-electron chi connectivity index (χ4n) is 4.24. The number of nitrogens with one attached hydrogen (secondary N) is 1. The predicted octanol–water partition coefficient (Wildman–Crippen LogP) is 3.39. The smallest absolute Gasteiger partial charge is 0.274 e. The molecule has 2 N–H and O–H groups in total. The maximum absolute atomic E-state index is 13.8. The molecule has 0 saturated carbocycles. The van der Waals surface area contributed by atoms with Gasteiger partial charge in [0.1, 0.15) is 12.4 Å². The summed E-state index contributed by atoms with van der Waals surface area (Å²) in [5, 5.41) is 8.95. The molecular formula is C24H28N2O5. The Labute approximate surface area is 181 Å². The second-order valence-corrected chi connectivity index (χ2v) is 8.61. The summed E-state index contributed by atoms with van der Waals surface area (Å²) in [4.78, 5) is 27.6. The highest BCUT2D eigenvalue weighted by atomic mass is 16.5. The van der Waals surface area contributed by atoms with Crippen LogP contribution in [0.15, 0.2) is 42.5 Å². The van der Waals surface area contributed by atoms with Gasteiger partial charge in [-0.05, 0) is 37.5 Å². The summed E-state index contributed by atoms with van der Waals surface area (Å²) in [6.07, 6.45) is 1.37. The summed E-state index contributed by atoms with van der Waals surface area (Å²) in [6.45, 7) is 5.87. The highest BCUT2D eigenvalue weighted by molar-refractivity contribution is 5.94. The number of carbonyl (C=O) groups is 2. The van der Waals surface area contributed by atoms with Crippen LogP contribution < -0.4 is 10.2 Å². The molecule has 2 amide bonds. The number of rotatable bonds is 3. The van der Waals surface area contributed by atoms with Gasteiger partial charge in [0.25, 0.3) is 5.91 Å². The van der Waals surface area contributed by atoms with Gasteiger partial charge in [0.15, 0.2) is 0 Å². The predicted molar refractivity (Wildman–Crippen MR) is 114 cm³/mol. The minimum atomic E-state index is -0.603. The molecule has 2 heterocycles. The molecule has 4 rings (SSSR count). The summed E-state index contributed by atoms with van der Waals surface area (Å²) >= 11 is 0. The summed E-state index contributed by atoms with van der Waals surface area (Å²) < 4.78 is 11.6. The maximum Gasteiger partial charge on any atom is 0.274 e. The Morgan fingerprint density at radius 3 is 2.52 bits per heavy atom. The molecule has 164 valence electrons. The number of fused-ring (bicyclic) bond motifs is 1. The molecule has 1 fully saturated rings. The third-order valence-electron chi connectivity index (χ3n) is 6.38. The van der Waals surface area contributed by atoms with Gasteiger partial charge in [0.2, 0.25) is 5.91 Å². The molecule has 2 aromatic carbocycles. The lowest BCUT2D eigenvalue weighted by Gasteiger charge is -2.39. The number of hydrogen-bond donors (Lipinski definition) is 2. The minimum Gasteiger partial charge on any atom is -0.491 e. The molecule has 1 unspecified atom stereocenters. The van der Waals surface area contributed by atoms with E-state index >= 15 is 0 Å². The highest BCUT2D eigenvalue weighted by Crippen LogP contribution is 2.39. The number of amides is 2. The van der Waals surface area contributed by atoms with Gasteiger partial charge >= 0.3 is 0 Å². The van der Waals surface area contributed by atoms with Crippen LogP contribution in [0.25, 0.3) is 0 Å². The van der Waals surface area contributed by atoms with E-state index in [1.54, 1.807) is 23.7 Å². The quantitative estimate of drug-likeness (QED) is 0.583. The Balaban J connectivity index is 1.72. The van der Waals surface area contributed by atoms with Crippen LogP contribution >= 0.6 is 0 Å². The number of aryl methyl sites for hydroxylation is 1. The van der Waals surface area contributed by atoms with Crippen molar-refractivity contribution in [3.05, 3.63) is 64.7 Å². The topological polar surface area (TPSA) is 88.1 Å². The second kappa shape index (κ2) is 8.69. The normalized spacial score (nSPS) is 20.2. The zero-order valence-corrected chi connectivity index (χ0v) is 17.9. The first-order valence-electron chi connectivity index (χ1n) is 10.6.